The fourth-order valence-electron chi connectivity index (χ4n) is 0.971. The van der Waals surface area contributed by atoms with Gasteiger partial charge in [-0.05, 0) is 0 Å². The van der Waals surface area contributed by atoms with E-state index >= 15 is 0 Å². The van der Waals surface area contributed by atoms with E-state index in [9.17, 15) is 26.8 Å². The van der Waals surface area contributed by atoms with E-state index in [1.165, 1.54) is 6.55 Å². The summed E-state index contributed by atoms with van der Waals surface area (Å²) in [5, 5.41) is 0. The zero-order chi connectivity index (χ0) is 13.7. The molecule has 0 N–H and O–H groups in total. The van der Waals surface area contributed by atoms with Gasteiger partial charge >= 0.3 is 47.5 Å². The highest BCUT2D eigenvalue weighted by molar-refractivity contribution is 7.75. The molecule has 14 heteroatoms. The molecule has 0 saturated heterocycles. The van der Waals surface area contributed by atoms with Crippen molar-refractivity contribution in [2.45, 2.75) is 19.6 Å². The Morgan fingerprint density at radius 3 is 1.65 bits per heavy atom. The van der Waals surface area contributed by atoms with Crippen molar-refractivity contribution in [1.82, 2.24) is 0 Å². The second-order valence-electron chi connectivity index (χ2n) is 3.78. The SMILES string of the molecule is C[SiH](C)[Si](=O)[Si](=O)[Si](=O)[SiH](C)[Si](=O)[Si](=O)[SiH]=O. The van der Waals surface area contributed by atoms with Crippen molar-refractivity contribution in [2.75, 3.05) is 0 Å². The van der Waals surface area contributed by atoms with E-state index in [0.717, 1.165) is 0 Å². The van der Waals surface area contributed by atoms with Crippen molar-refractivity contribution < 1.29 is 26.8 Å². The van der Waals surface area contributed by atoms with Crippen molar-refractivity contribution >= 4 is 63.7 Å². The normalized spacial score (nSPS) is 11.8. The molecule has 0 bridgehead atoms. The highest BCUT2D eigenvalue weighted by Gasteiger charge is 2.42. The van der Waals surface area contributed by atoms with Gasteiger partial charge in [0, 0.05) is 0 Å². The lowest BCUT2D eigenvalue weighted by Gasteiger charge is -2.00. The lowest BCUT2D eigenvalue weighted by atomic mass is 11.9. The molecule has 92 valence electrons. The zero-order valence-corrected chi connectivity index (χ0v) is 18.1. The van der Waals surface area contributed by atoms with Crippen molar-refractivity contribution in [3.05, 3.63) is 0 Å². The summed E-state index contributed by atoms with van der Waals surface area (Å²) < 4.78 is 68.6. The molecule has 1 unspecified atom stereocenters. The summed E-state index contributed by atoms with van der Waals surface area (Å²) in [6.07, 6.45) is 0. The van der Waals surface area contributed by atoms with Crippen molar-refractivity contribution in [3.8, 4) is 0 Å². The molecule has 0 rings (SSSR count). The van der Waals surface area contributed by atoms with Crippen LogP contribution in [0, 0.1) is 0 Å². The molecule has 17 heavy (non-hydrogen) atoms. The second kappa shape index (κ2) is 7.86. The molecule has 0 saturated carbocycles. The van der Waals surface area contributed by atoms with E-state index in [-0.39, 0.29) is 0 Å². The number of hydrogen-bond acceptors (Lipinski definition) is 6. The largest absolute Gasteiger partial charge is 0.389 e. The summed E-state index contributed by atoms with van der Waals surface area (Å²) in [6, 6.07) is 0. The van der Waals surface area contributed by atoms with Gasteiger partial charge in [-0.15, -0.1) is 0 Å². The minimum atomic E-state index is -2.65. The first kappa shape index (κ1) is 17.5. The van der Waals surface area contributed by atoms with Crippen LogP contribution in [0.15, 0.2) is 0 Å². The molecule has 6 nitrogen and oxygen atoms in total. The zero-order valence-electron chi connectivity index (χ0n) is 9.68. The van der Waals surface area contributed by atoms with Gasteiger partial charge in [0.15, 0.2) is 7.83 Å². The average molecular weight is 369 g/mol. The molecule has 0 aromatic rings. The molecular formula is C3H12O6Si8. The minimum Gasteiger partial charge on any atom is -0.389 e. The van der Waals surface area contributed by atoms with Crippen LogP contribution in [0.2, 0.25) is 19.6 Å². The monoisotopic (exact) mass is 368 g/mol. The molecule has 0 aromatic heterocycles. The quantitative estimate of drug-likeness (QED) is 0.449. The highest BCUT2D eigenvalue weighted by atomic mass is 30.0. The van der Waals surface area contributed by atoms with Gasteiger partial charge in [-0.3, -0.25) is 0 Å². The highest BCUT2D eigenvalue weighted by Crippen LogP contribution is 1.89. The van der Waals surface area contributed by atoms with E-state index in [1.807, 2.05) is 0 Å². The summed E-state index contributed by atoms with van der Waals surface area (Å²) in [4.78, 5) is 0. The smallest absolute Gasteiger partial charge is 0.366 e. The molecule has 0 radical (unpaired) electrons. The summed E-state index contributed by atoms with van der Waals surface area (Å²) in [6.45, 7) is 5.04. The molecule has 0 aliphatic carbocycles. The standard InChI is InChI=1S/C3H12O6Si8/c1-11(2)14(6)17(9)16(8)12(3)15(7)13(5)10-4/h10-12H,1-3H3. The third-order valence-corrected chi connectivity index (χ3v) is 65.4. The van der Waals surface area contributed by atoms with Gasteiger partial charge in [-0.1, -0.05) is 19.6 Å². The van der Waals surface area contributed by atoms with Gasteiger partial charge in [0.25, 0.3) is 0 Å². The van der Waals surface area contributed by atoms with Crippen LogP contribution in [0.5, 0.6) is 0 Å². The first-order valence-electron chi connectivity index (χ1n) is 4.89. The Labute approximate surface area is 110 Å². The number of rotatable bonds is 7. The van der Waals surface area contributed by atoms with Crippen LogP contribution >= 0.6 is 0 Å². The molecule has 0 aliphatic rings. The lowest BCUT2D eigenvalue weighted by molar-refractivity contribution is 0.548. The Morgan fingerprint density at radius 1 is 0.824 bits per heavy atom. The van der Waals surface area contributed by atoms with Crippen LogP contribution in [0.3, 0.4) is 0 Å². The van der Waals surface area contributed by atoms with Crippen molar-refractivity contribution in [1.29, 1.82) is 0 Å². The Bertz CT molecular complexity index is 413. The van der Waals surface area contributed by atoms with E-state index in [1.54, 1.807) is 13.1 Å². The molecule has 0 spiro atoms. The fraction of sp³-hybridized carbons (Fsp3) is 1.00. The summed E-state index contributed by atoms with van der Waals surface area (Å²) >= 11 is 0. The van der Waals surface area contributed by atoms with Gasteiger partial charge in [0.2, 0.25) is 0 Å². The second-order valence-corrected chi connectivity index (χ2v) is 45.8. The molecule has 0 aliphatic heterocycles. The van der Waals surface area contributed by atoms with Gasteiger partial charge in [-0.25, -0.2) is 0 Å². The topological polar surface area (TPSA) is 102 Å². The lowest BCUT2D eigenvalue weighted by Crippen LogP contribution is -2.52. The molecule has 0 heterocycles. The molecule has 0 fully saturated rings. The van der Waals surface area contributed by atoms with E-state index in [0.29, 0.717) is 0 Å². The Hall–Kier alpha value is 0.535. The third kappa shape index (κ3) is 4.96. The summed E-state index contributed by atoms with van der Waals surface area (Å²) in [7, 11) is -18.3. The first-order chi connectivity index (χ1) is 7.73. The van der Waals surface area contributed by atoms with Crippen LogP contribution in [0.4, 0.5) is 0 Å². The van der Waals surface area contributed by atoms with Gasteiger partial charge in [-0.2, -0.15) is 0 Å². The first-order valence-corrected chi connectivity index (χ1v) is 26.1. The van der Waals surface area contributed by atoms with Crippen LogP contribution < -0.4 is 0 Å². The van der Waals surface area contributed by atoms with Gasteiger partial charge in [0.05, 0.1) is 8.31 Å². The Balaban J connectivity index is 4.90. The van der Waals surface area contributed by atoms with E-state index in [2.05, 4.69) is 0 Å². The predicted molar refractivity (Wildman–Crippen MR) is 71.9 cm³/mol. The summed E-state index contributed by atoms with van der Waals surface area (Å²) in [5.74, 6) is 0. The molecule has 1 atom stereocenters. The molecule has 0 aromatic carbocycles. The fourth-order valence-corrected chi connectivity index (χ4v) is 87.4. The van der Waals surface area contributed by atoms with Crippen LogP contribution in [-0.4, -0.2) is 63.7 Å². The maximum Gasteiger partial charge on any atom is 0.366 e. The maximum atomic E-state index is 11.9. The third-order valence-electron chi connectivity index (χ3n) is 2.11. The molecule has 0 amide bonds. The average Bonchev–Trinajstić information content (AvgIpc) is 2.32. The van der Waals surface area contributed by atoms with Crippen molar-refractivity contribution in [3.63, 3.8) is 0 Å². The Kier molecular flexibility index (Phi) is 8.11. The van der Waals surface area contributed by atoms with Crippen LogP contribution in [0.1, 0.15) is 0 Å². The predicted octanol–water partition coefficient (Wildman–Crippen LogP) is -2.81. The van der Waals surface area contributed by atoms with E-state index in [4.69, 9.17) is 0 Å². The Morgan fingerprint density at radius 2 is 1.29 bits per heavy atom. The molecular weight excluding hydrogens is 357 g/mol. The van der Waals surface area contributed by atoms with Gasteiger partial charge in [0.1, 0.15) is 0 Å². The number of hydrogen-bond donors (Lipinski definition) is 0. The van der Waals surface area contributed by atoms with Crippen LogP contribution in [0.25, 0.3) is 0 Å². The van der Waals surface area contributed by atoms with Gasteiger partial charge < -0.3 is 26.8 Å². The maximum absolute atomic E-state index is 11.9. The summed E-state index contributed by atoms with van der Waals surface area (Å²) in [5.41, 5.74) is 0. The van der Waals surface area contributed by atoms with Crippen LogP contribution in [-0.2, 0) is 26.8 Å². The van der Waals surface area contributed by atoms with Crippen molar-refractivity contribution in [2.24, 2.45) is 0 Å². The van der Waals surface area contributed by atoms with E-state index < -0.39 is 63.7 Å². The minimum absolute atomic E-state index is 1.49.